The third-order valence-corrected chi connectivity index (χ3v) is 4.21. The maximum atomic E-state index is 12.7. The number of carbonyl (C=O) groups excluding carboxylic acids is 2. The zero-order chi connectivity index (χ0) is 16.1. The molecule has 0 saturated carbocycles. The maximum absolute atomic E-state index is 12.7. The minimum Gasteiger partial charge on any atom is -0.353 e. The van der Waals surface area contributed by atoms with Gasteiger partial charge in [0.05, 0.1) is 10.6 Å². The minimum atomic E-state index is -0.445. The summed E-state index contributed by atoms with van der Waals surface area (Å²) in [5.41, 5.74) is 0.337. The second kappa shape index (κ2) is 7.81. The SMILES string of the molecule is CNCCNC(=O)C1CCCN1C(=O)c1cc(Cl)ccc1Cl. The lowest BCUT2D eigenvalue weighted by atomic mass is 10.1. The van der Waals surface area contributed by atoms with Crippen molar-refractivity contribution >= 4 is 35.0 Å². The maximum Gasteiger partial charge on any atom is 0.256 e. The summed E-state index contributed by atoms with van der Waals surface area (Å²) in [4.78, 5) is 26.5. The van der Waals surface area contributed by atoms with Gasteiger partial charge in [-0.3, -0.25) is 9.59 Å². The predicted octanol–water partition coefficient (Wildman–Crippen LogP) is 1.93. The van der Waals surface area contributed by atoms with Crippen molar-refractivity contribution in [2.45, 2.75) is 18.9 Å². The van der Waals surface area contributed by atoms with Crippen molar-refractivity contribution in [1.82, 2.24) is 15.5 Å². The van der Waals surface area contributed by atoms with Crippen LogP contribution in [0.3, 0.4) is 0 Å². The number of carbonyl (C=O) groups is 2. The molecule has 120 valence electrons. The summed E-state index contributed by atoms with van der Waals surface area (Å²) in [6, 6.07) is 4.32. The molecule has 0 radical (unpaired) electrons. The van der Waals surface area contributed by atoms with Gasteiger partial charge in [0.1, 0.15) is 6.04 Å². The molecule has 1 aromatic rings. The summed E-state index contributed by atoms with van der Waals surface area (Å²) in [6.07, 6.45) is 1.46. The van der Waals surface area contributed by atoms with Crippen molar-refractivity contribution in [2.24, 2.45) is 0 Å². The summed E-state index contributed by atoms with van der Waals surface area (Å²) in [7, 11) is 1.82. The molecule has 1 saturated heterocycles. The van der Waals surface area contributed by atoms with E-state index in [1.807, 2.05) is 7.05 Å². The first kappa shape index (κ1) is 17.1. The van der Waals surface area contributed by atoms with E-state index in [0.717, 1.165) is 6.42 Å². The van der Waals surface area contributed by atoms with Gasteiger partial charge in [-0.05, 0) is 38.1 Å². The molecular weight excluding hydrogens is 325 g/mol. The van der Waals surface area contributed by atoms with Gasteiger partial charge in [0.25, 0.3) is 5.91 Å². The number of likely N-dealkylation sites (N-methyl/N-ethyl adjacent to an activating group) is 1. The van der Waals surface area contributed by atoms with Crippen LogP contribution in [0.15, 0.2) is 18.2 Å². The number of halogens is 2. The quantitative estimate of drug-likeness (QED) is 0.803. The first-order valence-electron chi connectivity index (χ1n) is 7.23. The average molecular weight is 344 g/mol. The van der Waals surface area contributed by atoms with Crippen molar-refractivity contribution in [2.75, 3.05) is 26.7 Å². The summed E-state index contributed by atoms with van der Waals surface area (Å²) in [5, 5.41) is 6.58. The molecule has 1 heterocycles. The molecular formula is C15H19Cl2N3O2. The predicted molar refractivity (Wildman–Crippen MR) is 87.5 cm³/mol. The first-order valence-corrected chi connectivity index (χ1v) is 7.98. The van der Waals surface area contributed by atoms with Crippen LogP contribution in [0.4, 0.5) is 0 Å². The highest BCUT2D eigenvalue weighted by Gasteiger charge is 2.35. The summed E-state index contributed by atoms with van der Waals surface area (Å²) in [5.74, 6) is -0.377. The highest BCUT2D eigenvalue weighted by Crippen LogP contribution is 2.26. The molecule has 5 nitrogen and oxygen atoms in total. The monoisotopic (exact) mass is 343 g/mol. The number of hydrogen-bond acceptors (Lipinski definition) is 3. The second-order valence-electron chi connectivity index (χ2n) is 5.18. The number of nitrogens with zero attached hydrogens (tertiary/aromatic N) is 1. The molecule has 1 fully saturated rings. The second-order valence-corrected chi connectivity index (χ2v) is 6.02. The summed E-state index contributed by atoms with van der Waals surface area (Å²) < 4.78 is 0. The molecule has 2 rings (SSSR count). The van der Waals surface area contributed by atoms with E-state index in [1.54, 1.807) is 23.1 Å². The van der Waals surface area contributed by atoms with Crippen molar-refractivity contribution in [3.8, 4) is 0 Å². The smallest absolute Gasteiger partial charge is 0.256 e. The Kier molecular flexibility index (Phi) is 6.06. The Morgan fingerprint density at radius 3 is 2.82 bits per heavy atom. The van der Waals surface area contributed by atoms with Gasteiger partial charge in [0, 0.05) is 24.7 Å². The van der Waals surface area contributed by atoms with Gasteiger partial charge >= 0.3 is 0 Å². The fraction of sp³-hybridized carbons (Fsp3) is 0.467. The molecule has 22 heavy (non-hydrogen) atoms. The molecule has 1 aliphatic heterocycles. The van der Waals surface area contributed by atoms with Gasteiger partial charge in [-0.25, -0.2) is 0 Å². The third-order valence-electron chi connectivity index (χ3n) is 3.65. The average Bonchev–Trinajstić information content (AvgIpc) is 2.98. The van der Waals surface area contributed by atoms with E-state index in [2.05, 4.69) is 10.6 Å². The molecule has 0 aromatic heterocycles. The van der Waals surface area contributed by atoms with Gasteiger partial charge in [-0.2, -0.15) is 0 Å². The number of likely N-dealkylation sites (tertiary alicyclic amines) is 1. The van der Waals surface area contributed by atoms with Gasteiger partial charge in [-0.1, -0.05) is 23.2 Å². The van der Waals surface area contributed by atoms with E-state index in [9.17, 15) is 9.59 Å². The van der Waals surface area contributed by atoms with E-state index in [0.29, 0.717) is 41.7 Å². The van der Waals surface area contributed by atoms with Crippen LogP contribution in [-0.2, 0) is 4.79 Å². The molecule has 1 atom stereocenters. The van der Waals surface area contributed by atoms with Crippen LogP contribution in [0.2, 0.25) is 10.0 Å². The zero-order valence-corrected chi connectivity index (χ0v) is 13.9. The standard InChI is InChI=1S/C15H19Cl2N3O2/c1-18-6-7-19-14(21)13-3-2-8-20(13)15(22)11-9-10(16)4-5-12(11)17/h4-5,9,13,18H,2-3,6-8H2,1H3,(H,19,21). The fourth-order valence-electron chi connectivity index (χ4n) is 2.53. The van der Waals surface area contributed by atoms with Gasteiger partial charge in [0.2, 0.25) is 5.91 Å². The summed E-state index contributed by atoms with van der Waals surface area (Å²) >= 11 is 12.0. The molecule has 2 N–H and O–H groups in total. The third kappa shape index (κ3) is 3.91. The van der Waals surface area contributed by atoms with Gasteiger partial charge < -0.3 is 15.5 Å². The van der Waals surface area contributed by atoms with Crippen LogP contribution in [0.25, 0.3) is 0 Å². The highest BCUT2D eigenvalue weighted by molar-refractivity contribution is 6.35. The minimum absolute atomic E-state index is 0.126. The first-order chi connectivity index (χ1) is 10.5. The number of benzene rings is 1. The van der Waals surface area contributed by atoms with Gasteiger partial charge in [-0.15, -0.1) is 0 Å². The summed E-state index contributed by atoms with van der Waals surface area (Å²) in [6.45, 7) is 1.77. The molecule has 0 bridgehead atoms. The van der Waals surface area contributed by atoms with E-state index < -0.39 is 6.04 Å². The Labute approximate surface area is 139 Å². The Morgan fingerprint density at radius 2 is 2.09 bits per heavy atom. The highest BCUT2D eigenvalue weighted by atomic mass is 35.5. The van der Waals surface area contributed by atoms with E-state index >= 15 is 0 Å². The van der Waals surface area contributed by atoms with Crippen LogP contribution < -0.4 is 10.6 Å². The topological polar surface area (TPSA) is 61.4 Å². The Bertz CT molecular complexity index is 566. The Morgan fingerprint density at radius 1 is 1.32 bits per heavy atom. The van der Waals surface area contributed by atoms with Crippen LogP contribution in [0.5, 0.6) is 0 Å². The van der Waals surface area contributed by atoms with Crippen LogP contribution >= 0.6 is 23.2 Å². The van der Waals surface area contributed by atoms with E-state index in [-0.39, 0.29) is 11.8 Å². The molecule has 1 aromatic carbocycles. The van der Waals surface area contributed by atoms with E-state index in [1.165, 1.54) is 0 Å². The van der Waals surface area contributed by atoms with Crippen LogP contribution in [0, 0.1) is 0 Å². The lowest BCUT2D eigenvalue weighted by Gasteiger charge is -2.24. The lowest BCUT2D eigenvalue weighted by Crippen LogP contribution is -2.47. The van der Waals surface area contributed by atoms with Crippen molar-refractivity contribution < 1.29 is 9.59 Å². The molecule has 7 heteroatoms. The Hall–Kier alpha value is -1.30. The number of amides is 2. The normalized spacial score (nSPS) is 17.6. The Balaban J connectivity index is 2.11. The van der Waals surface area contributed by atoms with Crippen LogP contribution in [0.1, 0.15) is 23.2 Å². The zero-order valence-electron chi connectivity index (χ0n) is 12.4. The number of nitrogens with one attached hydrogen (secondary N) is 2. The molecule has 0 spiro atoms. The van der Waals surface area contributed by atoms with Gasteiger partial charge in [0.15, 0.2) is 0 Å². The van der Waals surface area contributed by atoms with Crippen molar-refractivity contribution in [1.29, 1.82) is 0 Å². The molecule has 2 amide bonds. The van der Waals surface area contributed by atoms with Crippen molar-refractivity contribution in [3.05, 3.63) is 33.8 Å². The lowest BCUT2D eigenvalue weighted by molar-refractivity contribution is -0.124. The molecule has 1 unspecified atom stereocenters. The molecule has 0 aliphatic carbocycles. The van der Waals surface area contributed by atoms with Crippen LogP contribution in [-0.4, -0.2) is 49.4 Å². The number of hydrogen-bond donors (Lipinski definition) is 2. The number of rotatable bonds is 5. The fourth-order valence-corrected chi connectivity index (χ4v) is 2.90. The largest absolute Gasteiger partial charge is 0.353 e. The molecule has 1 aliphatic rings. The van der Waals surface area contributed by atoms with Crippen molar-refractivity contribution in [3.63, 3.8) is 0 Å². The van der Waals surface area contributed by atoms with E-state index in [4.69, 9.17) is 23.2 Å².